The monoisotopic (exact) mass is 178 g/mol. The van der Waals surface area contributed by atoms with Gasteiger partial charge in [-0.3, -0.25) is 9.20 Å². The van der Waals surface area contributed by atoms with E-state index in [4.69, 9.17) is 5.73 Å². The summed E-state index contributed by atoms with van der Waals surface area (Å²) in [6.45, 7) is 0. The first-order valence-corrected chi connectivity index (χ1v) is 3.75. The molecule has 0 unspecified atom stereocenters. The molecule has 3 nitrogen and oxygen atoms in total. The van der Waals surface area contributed by atoms with Crippen LogP contribution in [0, 0.1) is 5.82 Å². The average molecular weight is 178 g/mol. The molecule has 0 aliphatic heterocycles. The number of aromatic nitrogens is 1. The largest absolute Gasteiger partial charge is 0.397 e. The van der Waals surface area contributed by atoms with E-state index in [1.165, 1.54) is 28.7 Å². The SMILES string of the molecule is Nc1ccc(=O)n2cc(F)ccc12. The molecule has 0 fully saturated rings. The molecule has 0 spiro atoms. The molecular formula is C9H7FN2O. The average Bonchev–Trinajstić information content (AvgIpc) is 2.12. The van der Waals surface area contributed by atoms with Crippen LogP contribution in [0.2, 0.25) is 0 Å². The fourth-order valence-electron chi connectivity index (χ4n) is 1.22. The maximum absolute atomic E-state index is 12.7. The second-order valence-corrected chi connectivity index (χ2v) is 2.73. The van der Waals surface area contributed by atoms with Crippen molar-refractivity contribution in [2.45, 2.75) is 0 Å². The topological polar surface area (TPSA) is 47.5 Å². The van der Waals surface area contributed by atoms with Crippen LogP contribution in [0.15, 0.2) is 35.3 Å². The molecule has 0 bridgehead atoms. The fraction of sp³-hybridized carbons (Fsp3) is 0. The summed E-state index contributed by atoms with van der Waals surface area (Å²) in [4.78, 5) is 11.2. The molecule has 0 atom stereocenters. The van der Waals surface area contributed by atoms with Gasteiger partial charge in [0.2, 0.25) is 0 Å². The van der Waals surface area contributed by atoms with E-state index >= 15 is 0 Å². The summed E-state index contributed by atoms with van der Waals surface area (Å²) in [6, 6.07) is 5.56. The molecule has 2 aromatic heterocycles. The lowest BCUT2D eigenvalue weighted by molar-refractivity contribution is 0.618. The van der Waals surface area contributed by atoms with Crippen LogP contribution in [-0.4, -0.2) is 4.40 Å². The highest BCUT2D eigenvalue weighted by Crippen LogP contribution is 2.10. The lowest BCUT2D eigenvalue weighted by atomic mass is 10.3. The highest BCUT2D eigenvalue weighted by molar-refractivity contribution is 5.68. The Bertz CT molecular complexity index is 518. The van der Waals surface area contributed by atoms with Gasteiger partial charge in [-0.15, -0.1) is 0 Å². The van der Waals surface area contributed by atoms with E-state index in [0.29, 0.717) is 11.2 Å². The Morgan fingerprint density at radius 1 is 1.23 bits per heavy atom. The van der Waals surface area contributed by atoms with Crippen molar-refractivity contribution in [3.63, 3.8) is 0 Å². The number of rotatable bonds is 0. The predicted octanol–water partition coefficient (Wildman–Crippen LogP) is 1.02. The van der Waals surface area contributed by atoms with E-state index in [2.05, 4.69) is 0 Å². The molecule has 0 amide bonds. The lowest BCUT2D eigenvalue weighted by Gasteiger charge is -2.02. The molecule has 4 heteroatoms. The van der Waals surface area contributed by atoms with Gasteiger partial charge in [-0.1, -0.05) is 0 Å². The van der Waals surface area contributed by atoms with Crippen LogP contribution in [0.25, 0.3) is 5.52 Å². The van der Waals surface area contributed by atoms with Crippen LogP contribution in [0.1, 0.15) is 0 Å². The number of nitrogen functional groups attached to an aromatic ring is 1. The maximum Gasteiger partial charge on any atom is 0.255 e. The van der Waals surface area contributed by atoms with Crippen LogP contribution in [0.4, 0.5) is 10.1 Å². The van der Waals surface area contributed by atoms with Gasteiger partial charge in [0.15, 0.2) is 0 Å². The van der Waals surface area contributed by atoms with Gasteiger partial charge in [-0.2, -0.15) is 0 Å². The number of hydrogen-bond acceptors (Lipinski definition) is 2. The van der Waals surface area contributed by atoms with Gasteiger partial charge in [-0.25, -0.2) is 4.39 Å². The first-order chi connectivity index (χ1) is 6.18. The van der Waals surface area contributed by atoms with Crippen LogP contribution in [-0.2, 0) is 0 Å². The minimum atomic E-state index is -0.458. The molecule has 2 aromatic rings. The molecule has 2 N–H and O–H groups in total. The predicted molar refractivity (Wildman–Crippen MR) is 48.0 cm³/mol. The van der Waals surface area contributed by atoms with Gasteiger partial charge in [-0.05, 0) is 18.2 Å². The highest BCUT2D eigenvalue weighted by Gasteiger charge is 2.00. The fourth-order valence-corrected chi connectivity index (χ4v) is 1.22. The van der Waals surface area contributed by atoms with Gasteiger partial charge in [0.05, 0.1) is 11.2 Å². The smallest absolute Gasteiger partial charge is 0.255 e. The Labute approximate surface area is 73.2 Å². The number of anilines is 1. The summed E-state index contributed by atoms with van der Waals surface area (Å²) in [6.07, 6.45) is 1.12. The summed E-state index contributed by atoms with van der Waals surface area (Å²) < 4.78 is 13.9. The maximum atomic E-state index is 12.7. The molecule has 0 aliphatic rings. The Hall–Kier alpha value is -1.84. The minimum Gasteiger partial charge on any atom is -0.397 e. The molecule has 2 heterocycles. The zero-order valence-electron chi connectivity index (χ0n) is 6.70. The van der Waals surface area contributed by atoms with Crippen LogP contribution in [0.3, 0.4) is 0 Å². The Balaban J connectivity index is 3.01. The molecule has 2 rings (SSSR count). The molecule has 0 aromatic carbocycles. The molecule has 0 aliphatic carbocycles. The third-order valence-electron chi connectivity index (χ3n) is 1.85. The minimum absolute atomic E-state index is 0.288. The van der Waals surface area contributed by atoms with E-state index in [9.17, 15) is 9.18 Å². The Morgan fingerprint density at radius 3 is 2.77 bits per heavy atom. The van der Waals surface area contributed by atoms with Crippen molar-refractivity contribution in [3.8, 4) is 0 Å². The first kappa shape index (κ1) is 7.79. The van der Waals surface area contributed by atoms with E-state index in [-0.39, 0.29) is 5.56 Å². The third-order valence-corrected chi connectivity index (χ3v) is 1.85. The van der Waals surface area contributed by atoms with Crippen LogP contribution < -0.4 is 11.3 Å². The summed E-state index contributed by atoms with van der Waals surface area (Å²) in [5.41, 5.74) is 6.28. The second-order valence-electron chi connectivity index (χ2n) is 2.73. The highest BCUT2D eigenvalue weighted by atomic mass is 19.1. The Kier molecular flexibility index (Phi) is 1.55. The standard InChI is InChI=1S/C9H7FN2O/c10-6-1-3-8-7(11)2-4-9(13)12(8)5-6/h1-5H,11H2. The zero-order chi connectivity index (χ0) is 9.42. The summed E-state index contributed by atoms with van der Waals surface area (Å²) in [5.74, 6) is -0.458. The van der Waals surface area contributed by atoms with E-state index in [1.807, 2.05) is 0 Å². The van der Waals surface area contributed by atoms with E-state index in [0.717, 1.165) is 6.20 Å². The van der Waals surface area contributed by atoms with Gasteiger partial charge < -0.3 is 5.73 Å². The Morgan fingerprint density at radius 2 is 2.00 bits per heavy atom. The van der Waals surface area contributed by atoms with E-state index < -0.39 is 5.82 Å². The molecule has 0 saturated carbocycles. The van der Waals surface area contributed by atoms with Crippen molar-refractivity contribution < 1.29 is 4.39 Å². The molecular weight excluding hydrogens is 171 g/mol. The van der Waals surface area contributed by atoms with E-state index in [1.54, 1.807) is 0 Å². The summed E-state index contributed by atoms with van der Waals surface area (Å²) >= 11 is 0. The van der Waals surface area contributed by atoms with Crippen molar-refractivity contribution in [1.29, 1.82) is 0 Å². The quantitative estimate of drug-likeness (QED) is 0.654. The molecule has 0 saturated heterocycles. The van der Waals surface area contributed by atoms with Gasteiger partial charge in [0.1, 0.15) is 5.82 Å². The van der Waals surface area contributed by atoms with Gasteiger partial charge >= 0.3 is 0 Å². The number of nitrogens with two attached hydrogens (primary N) is 1. The second kappa shape index (κ2) is 2.58. The molecule has 0 radical (unpaired) electrons. The van der Waals surface area contributed by atoms with Crippen molar-refractivity contribution in [1.82, 2.24) is 4.40 Å². The summed E-state index contributed by atoms with van der Waals surface area (Å²) in [7, 11) is 0. The van der Waals surface area contributed by atoms with Crippen LogP contribution >= 0.6 is 0 Å². The van der Waals surface area contributed by atoms with Crippen LogP contribution in [0.5, 0.6) is 0 Å². The normalized spacial score (nSPS) is 10.5. The van der Waals surface area contributed by atoms with Crippen molar-refractivity contribution in [3.05, 3.63) is 46.6 Å². The zero-order valence-corrected chi connectivity index (χ0v) is 6.70. The molecule has 66 valence electrons. The van der Waals surface area contributed by atoms with Gasteiger partial charge in [0.25, 0.3) is 5.56 Å². The third kappa shape index (κ3) is 1.16. The number of fused-ring (bicyclic) bond motifs is 1. The lowest BCUT2D eigenvalue weighted by Crippen LogP contribution is -2.13. The number of pyridine rings is 2. The molecule has 13 heavy (non-hydrogen) atoms. The van der Waals surface area contributed by atoms with Crippen molar-refractivity contribution in [2.24, 2.45) is 0 Å². The number of nitrogens with zero attached hydrogens (tertiary/aromatic N) is 1. The van der Waals surface area contributed by atoms with Crippen molar-refractivity contribution in [2.75, 3.05) is 5.73 Å². The summed E-state index contributed by atoms with van der Waals surface area (Å²) in [5, 5.41) is 0. The van der Waals surface area contributed by atoms with Crippen molar-refractivity contribution >= 4 is 11.2 Å². The first-order valence-electron chi connectivity index (χ1n) is 3.75. The van der Waals surface area contributed by atoms with Gasteiger partial charge in [0, 0.05) is 12.3 Å². The number of halogens is 1. The number of hydrogen-bond donors (Lipinski definition) is 1.